The molecule has 1 aliphatic rings. The molecule has 2 amide bonds. The molecule has 2 N–H and O–H groups in total. The minimum absolute atomic E-state index is 0.0316. The molecule has 0 bridgehead atoms. The number of carbonyl (C=O) groups excluding carboxylic acids is 1. The first-order valence-corrected chi connectivity index (χ1v) is 5.84. The third-order valence-corrected chi connectivity index (χ3v) is 3.04. The molecule has 5 heteroatoms. The lowest BCUT2D eigenvalue weighted by molar-refractivity contribution is 0.144. The maximum atomic E-state index is 11.7. The number of aliphatic hydroxyl groups is 1. The van der Waals surface area contributed by atoms with Crippen molar-refractivity contribution < 1.29 is 9.90 Å². The first-order chi connectivity index (χ1) is 7.06. The highest BCUT2D eigenvalue weighted by Crippen LogP contribution is 2.23. The number of aliphatic hydroxyl groups excluding tert-OH is 1. The Bertz CT molecular complexity index is 258. The number of carbonyl (C=O) groups is 1. The Morgan fingerprint density at radius 2 is 2.40 bits per heavy atom. The number of halogens is 1. The van der Waals surface area contributed by atoms with E-state index in [0.29, 0.717) is 19.0 Å². The molecule has 0 aromatic rings. The van der Waals surface area contributed by atoms with E-state index in [1.165, 1.54) is 0 Å². The van der Waals surface area contributed by atoms with Crippen molar-refractivity contribution in [2.24, 2.45) is 5.92 Å². The molecule has 1 aliphatic heterocycles. The molecular formula is C10H17BrN2O2. The van der Waals surface area contributed by atoms with Gasteiger partial charge in [-0.2, -0.15) is 0 Å². The molecule has 4 nitrogen and oxygen atoms in total. The van der Waals surface area contributed by atoms with Crippen molar-refractivity contribution in [1.29, 1.82) is 0 Å². The lowest BCUT2D eigenvalue weighted by Crippen LogP contribution is -2.45. The highest BCUT2D eigenvalue weighted by atomic mass is 79.9. The molecule has 0 aromatic heterocycles. The molecule has 0 unspecified atom stereocenters. The van der Waals surface area contributed by atoms with Crippen molar-refractivity contribution in [2.75, 3.05) is 19.7 Å². The predicted molar refractivity (Wildman–Crippen MR) is 62.8 cm³/mol. The van der Waals surface area contributed by atoms with Crippen molar-refractivity contribution in [2.45, 2.75) is 19.4 Å². The molecule has 2 atom stereocenters. The van der Waals surface area contributed by atoms with Crippen LogP contribution >= 0.6 is 15.9 Å². The van der Waals surface area contributed by atoms with Gasteiger partial charge in [0.05, 0.1) is 19.2 Å². The van der Waals surface area contributed by atoms with E-state index in [1.807, 2.05) is 0 Å². The van der Waals surface area contributed by atoms with Gasteiger partial charge in [-0.3, -0.25) is 0 Å². The molecule has 1 rings (SSSR count). The van der Waals surface area contributed by atoms with Gasteiger partial charge in [0.25, 0.3) is 0 Å². The van der Waals surface area contributed by atoms with Crippen LogP contribution in [-0.4, -0.2) is 41.8 Å². The van der Waals surface area contributed by atoms with Crippen molar-refractivity contribution in [1.82, 2.24) is 10.2 Å². The van der Waals surface area contributed by atoms with E-state index in [-0.39, 0.29) is 18.7 Å². The SMILES string of the molecule is C=C(Br)CNC(=O)N1CC[C@@H](C)[C@@H]1CO. The maximum Gasteiger partial charge on any atom is 0.318 e. The Morgan fingerprint density at radius 1 is 1.73 bits per heavy atom. The highest BCUT2D eigenvalue weighted by Gasteiger charge is 2.33. The lowest BCUT2D eigenvalue weighted by atomic mass is 10.0. The number of nitrogens with zero attached hydrogens (tertiary/aromatic N) is 1. The van der Waals surface area contributed by atoms with Crippen LogP contribution in [0.4, 0.5) is 4.79 Å². The van der Waals surface area contributed by atoms with E-state index in [4.69, 9.17) is 0 Å². The van der Waals surface area contributed by atoms with Crippen LogP contribution in [0.1, 0.15) is 13.3 Å². The number of urea groups is 1. The smallest absolute Gasteiger partial charge is 0.318 e. The molecular weight excluding hydrogens is 260 g/mol. The summed E-state index contributed by atoms with van der Waals surface area (Å²) in [6, 6.07) is -0.174. The largest absolute Gasteiger partial charge is 0.394 e. The van der Waals surface area contributed by atoms with Crippen molar-refractivity contribution in [3.63, 3.8) is 0 Å². The topological polar surface area (TPSA) is 52.6 Å². The Hall–Kier alpha value is -0.550. The molecule has 1 fully saturated rings. The van der Waals surface area contributed by atoms with Gasteiger partial charge in [0.15, 0.2) is 0 Å². The van der Waals surface area contributed by atoms with E-state index in [0.717, 1.165) is 10.9 Å². The van der Waals surface area contributed by atoms with Crippen LogP contribution in [0.15, 0.2) is 11.1 Å². The second-order valence-electron chi connectivity index (χ2n) is 3.89. The minimum atomic E-state index is -0.126. The van der Waals surface area contributed by atoms with E-state index >= 15 is 0 Å². The van der Waals surface area contributed by atoms with Crippen LogP contribution in [-0.2, 0) is 0 Å². The fourth-order valence-electron chi connectivity index (χ4n) is 1.81. The quantitative estimate of drug-likeness (QED) is 0.817. The summed E-state index contributed by atoms with van der Waals surface area (Å²) in [5.41, 5.74) is 0. The first-order valence-electron chi connectivity index (χ1n) is 5.05. The zero-order valence-electron chi connectivity index (χ0n) is 8.87. The Labute approximate surface area is 98.5 Å². The predicted octanol–water partition coefficient (Wildman–Crippen LogP) is 1.31. The molecule has 0 spiro atoms. The minimum Gasteiger partial charge on any atom is -0.394 e. The van der Waals surface area contributed by atoms with Gasteiger partial charge in [0.1, 0.15) is 0 Å². The van der Waals surface area contributed by atoms with Gasteiger partial charge in [-0.25, -0.2) is 4.79 Å². The number of hydrogen-bond donors (Lipinski definition) is 2. The van der Waals surface area contributed by atoms with E-state index in [9.17, 15) is 9.90 Å². The normalized spacial score (nSPS) is 25.4. The maximum absolute atomic E-state index is 11.7. The van der Waals surface area contributed by atoms with Gasteiger partial charge in [-0.1, -0.05) is 29.4 Å². The third-order valence-electron chi connectivity index (χ3n) is 2.76. The number of likely N-dealkylation sites (tertiary alicyclic amines) is 1. The fraction of sp³-hybridized carbons (Fsp3) is 0.700. The number of hydrogen-bond acceptors (Lipinski definition) is 2. The Balaban J connectivity index is 2.48. The van der Waals surface area contributed by atoms with Crippen LogP contribution in [0.25, 0.3) is 0 Å². The van der Waals surface area contributed by atoms with Crippen molar-refractivity contribution >= 4 is 22.0 Å². The standard InChI is InChI=1S/C10H17BrN2O2/c1-7-3-4-13(9(7)6-14)10(15)12-5-8(2)11/h7,9,14H,2-6H2,1H3,(H,12,15)/t7-,9+/m1/s1. The summed E-state index contributed by atoms with van der Waals surface area (Å²) in [6.45, 7) is 6.86. The van der Waals surface area contributed by atoms with Gasteiger partial charge >= 0.3 is 6.03 Å². The monoisotopic (exact) mass is 276 g/mol. The molecule has 15 heavy (non-hydrogen) atoms. The van der Waals surface area contributed by atoms with Crippen LogP contribution in [0, 0.1) is 5.92 Å². The Kier molecular flexibility index (Phi) is 4.60. The molecule has 86 valence electrons. The molecule has 0 aromatic carbocycles. The van der Waals surface area contributed by atoms with Crippen LogP contribution in [0.2, 0.25) is 0 Å². The second kappa shape index (κ2) is 5.51. The molecule has 1 heterocycles. The first kappa shape index (κ1) is 12.5. The van der Waals surface area contributed by atoms with E-state index in [1.54, 1.807) is 4.90 Å². The van der Waals surface area contributed by atoms with Crippen LogP contribution in [0.3, 0.4) is 0 Å². The Morgan fingerprint density at radius 3 is 2.93 bits per heavy atom. The van der Waals surface area contributed by atoms with Gasteiger partial charge in [0, 0.05) is 11.0 Å². The van der Waals surface area contributed by atoms with Gasteiger partial charge in [0.2, 0.25) is 0 Å². The van der Waals surface area contributed by atoms with Crippen LogP contribution in [0.5, 0.6) is 0 Å². The zero-order chi connectivity index (χ0) is 11.4. The van der Waals surface area contributed by atoms with Crippen LogP contribution < -0.4 is 5.32 Å². The molecule has 0 saturated carbocycles. The zero-order valence-corrected chi connectivity index (χ0v) is 10.5. The number of rotatable bonds is 3. The second-order valence-corrected chi connectivity index (χ2v) is 5.01. The average Bonchev–Trinajstić information content (AvgIpc) is 2.55. The average molecular weight is 277 g/mol. The van der Waals surface area contributed by atoms with Gasteiger partial charge in [-0.05, 0) is 12.3 Å². The number of amides is 2. The van der Waals surface area contributed by atoms with Crippen molar-refractivity contribution in [3.8, 4) is 0 Å². The highest BCUT2D eigenvalue weighted by molar-refractivity contribution is 9.11. The summed E-state index contributed by atoms with van der Waals surface area (Å²) in [5.74, 6) is 0.368. The van der Waals surface area contributed by atoms with E-state index < -0.39 is 0 Å². The lowest BCUT2D eigenvalue weighted by Gasteiger charge is -2.25. The summed E-state index contributed by atoms with van der Waals surface area (Å²) in [4.78, 5) is 13.4. The number of nitrogens with one attached hydrogen (secondary N) is 1. The van der Waals surface area contributed by atoms with E-state index in [2.05, 4.69) is 34.7 Å². The summed E-state index contributed by atoms with van der Waals surface area (Å²) in [7, 11) is 0. The third kappa shape index (κ3) is 3.21. The summed E-state index contributed by atoms with van der Waals surface area (Å²) >= 11 is 3.18. The van der Waals surface area contributed by atoms with Crippen molar-refractivity contribution in [3.05, 3.63) is 11.1 Å². The molecule has 0 radical (unpaired) electrons. The summed E-state index contributed by atoms with van der Waals surface area (Å²) in [6.07, 6.45) is 0.952. The molecule has 0 aliphatic carbocycles. The molecule has 1 saturated heterocycles. The summed E-state index contributed by atoms with van der Waals surface area (Å²) in [5, 5.41) is 11.9. The van der Waals surface area contributed by atoms with Gasteiger partial charge in [-0.15, -0.1) is 0 Å². The summed E-state index contributed by atoms with van der Waals surface area (Å²) < 4.78 is 0.739. The van der Waals surface area contributed by atoms with Gasteiger partial charge < -0.3 is 15.3 Å². The fourth-order valence-corrected chi connectivity index (χ4v) is 1.95.